The molecule has 0 aliphatic heterocycles. The molecule has 0 spiro atoms. The van der Waals surface area contributed by atoms with E-state index >= 15 is 0 Å². The van der Waals surface area contributed by atoms with E-state index in [1.54, 1.807) is 0 Å². The zero-order valence-electron chi connectivity index (χ0n) is 7.98. The summed E-state index contributed by atoms with van der Waals surface area (Å²) in [4.78, 5) is 2.87. The minimum Gasteiger partial charge on any atom is -0.494 e. The van der Waals surface area contributed by atoms with Crippen molar-refractivity contribution in [1.29, 1.82) is 0 Å². The van der Waals surface area contributed by atoms with Crippen LogP contribution in [0.25, 0.3) is 0 Å². The van der Waals surface area contributed by atoms with Gasteiger partial charge in [-0.3, -0.25) is 0 Å². The van der Waals surface area contributed by atoms with Crippen LogP contribution < -0.4 is 10.5 Å². The number of nitrogens with two attached hydrogens (primary N) is 1. The van der Waals surface area contributed by atoms with Gasteiger partial charge in [0.25, 0.3) is 6.43 Å². The van der Waals surface area contributed by atoms with Crippen molar-refractivity contribution in [2.75, 3.05) is 12.8 Å². The second kappa shape index (κ2) is 4.11. The Bertz CT molecular complexity index is 391. The van der Waals surface area contributed by atoms with Crippen molar-refractivity contribution in [1.82, 2.24) is 4.98 Å². The number of hydrogen-bond acceptors (Lipinski definition) is 3. The van der Waals surface area contributed by atoms with Gasteiger partial charge in [-0.1, -0.05) is 0 Å². The molecule has 0 aliphatic rings. The fraction of sp³-hybridized carbons (Fsp3) is 0.375. The molecule has 0 aromatic carbocycles. The summed E-state index contributed by atoms with van der Waals surface area (Å²) in [5.74, 6) is -0.697. The summed E-state index contributed by atoms with van der Waals surface area (Å²) in [5, 5.41) is 0. The van der Waals surface area contributed by atoms with Gasteiger partial charge in [0.1, 0.15) is 0 Å². The lowest BCUT2D eigenvalue weighted by molar-refractivity contribution is -0.143. The molecule has 90 valence electrons. The molecule has 0 saturated carbocycles. The average Bonchev–Trinajstić information content (AvgIpc) is 2.14. The molecule has 0 aliphatic carbocycles. The summed E-state index contributed by atoms with van der Waals surface area (Å²) in [6.45, 7) is 0. The Morgan fingerprint density at radius 3 is 2.31 bits per heavy atom. The number of pyridine rings is 1. The first kappa shape index (κ1) is 12.5. The quantitative estimate of drug-likeness (QED) is 0.811. The Hall–Kier alpha value is -1.60. The number of aromatic nitrogens is 1. The smallest absolute Gasteiger partial charge is 0.433 e. The Morgan fingerprint density at radius 2 is 1.94 bits per heavy atom. The highest BCUT2D eigenvalue weighted by molar-refractivity contribution is 5.57. The van der Waals surface area contributed by atoms with E-state index in [9.17, 15) is 22.0 Å². The van der Waals surface area contributed by atoms with Gasteiger partial charge in [-0.25, -0.2) is 13.8 Å². The number of nitrogen functional groups attached to an aromatic ring is 1. The number of alkyl halides is 5. The van der Waals surface area contributed by atoms with Gasteiger partial charge in [0.15, 0.2) is 11.4 Å². The standard InChI is InChI=1S/C8H7F5N2O/c1-16-5-3(14)2-15-6(8(11,12)13)4(5)7(9)10/h2,7H,14H2,1H3. The van der Waals surface area contributed by atoms with Crippen molar-refractivity contribution in [3.05, 3.63) is 17.5 Å². The van der Waals surface area contributed by atoms with Gasteiger partial charge in [0, 0.05) is 0 Å². The molecule has 0 atom stereocenters. The maximum absolute atomic E-state index is 12.5. The average molecular weight is 242 g/mol. The fourth-order valence-corrected chi connectivity index (χ4v) is 1.18. The van der Waals surface area contributed by atoms with Crippen LogP contribution in [0, 0.1) is 0 Å². The number of hydrogen-bond donors (Lipinski definition) is 1. The van der Waals surface area contributed by atoms with E-state index in [1.807, 2.05) is 0 Å². The molecular formula is C8H7F5N2O. The highest BCUT2D eigenvalue weighted by Crippen LogP contribution is 2.41. The van der Waals surface area contributed by atoms with Crippen molar-refractivity contribution in [3.63, 3.8) is 0 Å². The summed E-state index contributed by atoms with van der Waals surface area (Å²) in [7, 11) is 0.956. The van der Waals surface area contributed by atoms with Gasteiger partial charge in [0.2, 0.25) is 0 Å². The van der Waals surface area contributed by atoms with E-state index < -0.39 is 29.6 Å². The van der Waals surface area contributed by atoms with Crippen LogP contribution in [0.2, 0.25) is 0 Å². The van der Waals surface area contributed by atoms with Crippen LogP contribution in [0.4, 0.5) is 27.6 Å². The molecule has 0 saturated heterocycles. The number of methoxy groups -OCH3 is 1. The maximum atomic E-state index is 12.5. The first-order chi connectivity index (χ1) is 7.29. The number of anilines is 1. The SMILES string of the molecule is COc1c(N)cnc(C(F)(F)F)c1C(F)F. The first-order valence-electron chi connectivity index (χ1n) is 3.96. The third kappa shape index (κ3) is 2.15. The molecule has 0 bridgehead atoms. The fourth-order valence-electron chi connectivity index (χ4n) is 1.18. The lowest BCUT2D eigenvalue weighted by atomic mass is 10.1. The van der Waals surface area contributed by atoms with Gasteiger partial charge in [0.05, 0.1) is 24.6 Å². The summed E-state index contributed by atoms with van der Waals surface area (Å²) in [5.41, 5.74) is 1.80. The van der Waals surface area contributed by atoms with Crippen LogP contribution in [-0.2, 0) is 6.18 Å². The van der Waals surface area contributed by atoms with E-state index in [0.29, 0.717) is 6.20 Å². The summed E-state index contributed by atoms with van der Waals surface area (Å²) >= 11 is 0. The second-order valence-corrected chi connectivity index (χ2v) is 2.81. The molecule has 2 N–H and O–H groups in total. The van der Waals surface area contributed by atoms with Crippen LogP contribution in [-0.4, -0.2) is 12.1 Å². The molecule has 1 aromatic rings. The predicted molar refractivity (Wildman–Crippen MR) is 45.2 cm³/mol. The maximum Gasteiger partial charge on any atom is 0.433 e. The Kier molecular flexibility index (Phi) is 3.20. The van der Waals surface area contributed by atoms with Crippen LogP contribution in [0.5, 0.6) is 5.75 Å². The van der Waals surface area contributed by atoms with Gasteiger partial charge in [-0.05, 0) is 0 Å². The van der Waals surface area contributed by atoms with Crippen LogP contribution in [0.1, 0.15) is 17.7 Å². The molecule has 1 heterocycles. The zero-order chi connectivity index (χ0) is 12.5. The van der Waals surface area contributed by atoms with Gasteiger partial charge < -0.3 is 10.5 Å². The molecular weight excluding hydrogens is 235 g/mol. The molecule has 0 fully saturated rings. The molecule has 0 radical (unpaired) electrons. The molecule has 1 rings (SSSR count). The Balaban J connectivity index is 3.52. The third-order valence-corrected chi connectivity index (χ3v) is 1.79. The van der Waals surface area contributed by atoms with E-state index in [0.717, 1.165) is 7.11 Å². The largest absolute Gasteiger partial charge is 0.494 e. The van der Waals surface area contributed by atoms with Crippen molar-refractivity contribution in [3.8, 4) is 5.75 Å². The normalized spacial score (nSPS) is 11.9. The number of ether oxygens (including phenoxy) is 1. The van der Waals surface area contributed by atoms with Gasteiger partial charge in [-0.15, -0.1) is 0 Å². The Morgan fingerprint density at radius 1 is 1.38 bits per heavy atom. The molecule has 8 heteroatoms. The molecule has 1 aromatic heterocycles. The van der Waals surface area contributed by atoms with Gasteiger partial charge >= 0.3 is 6.18 Å². The van der Waals surface area contributed by atoms with Gasteiger partial charge in [-0.2, -0.15) is 13.2 Å². The monoisotopic (exact) mass is 242 g/mol. The molecule has 16 heavy (non-hydrogen) atoms. The lowest BCUT2D eigenvalue weighted by Crippen LogP contribution is -2.14. The third-order valence-electron chi connectivity index (χ3n) is 1.79. The Labute approximate surface area is 87.0 Å². The molecule has 0 unspecified atom stereocenters. The zero-order valence-corrected chi connectivity index (χ0v) is 7.98. The van der Waals surface area contributed by atoms with E-state index in [4.69, 9.17) is 5.73 Å². The van der Waals surface area contributed by atoms with Crippen molar-refractivity contribution < 1.29 is 26.7 Å². The minimum absolute atomic E-state index is 0.370. The first-order valence-corrected chi connectivity index (χ1v) is 3.96. The molecule has 0 amide bonds. The number of rotatable bonds is 2. The lowest BCUT2D eigenvalue weighted by Gasteiger charge is -2.15. The topological polar surface area (TPSA) is 48.1 Å². The van der Waals surface area contributed by atoms with Crippen LogP contribution in [0.15, 0.2) is 6.20 Å². The summed E-state index contributed by atoms with van der Waals surface area (Å²) in [6.07, 6.45) is -7.72. The number of nitrogens with zero attached hydrogens (tertiary/aromatic N) is 1. The van der Waals surface area contributed by atoms with E-state index in [-0.39, 0.29) is 5.69 Å². The number of halogens is 5. The minimum atomic E-state index is -4.98. The van der Waals surface area contributed by atoms with Crippen LogP contribution >= 0.6 is 0 Å². The van der Waals surface area contributed by atoms with E-state index in [2.05, 4.69) is 9.72 Å². The van der Waals surface area contributed by atoms with Crippen LogP contribution in [0.3, 0.4) is 0 Å². The molecule has 3 nitrogen and oxygen atoms in total. The summed E-state index contributed by atoms with van der Waals surface area (Å²) in [6, 6.07) is 0. The summed E-state index contributed by atoms with van der Waals surface area (Å²) < 4.78 is 66.5. The van der Waals surface area contributed by atoms with Crippen molar-refractivity contribution in [2.24, 2.45) is 0 Å². The van der Waals surface area contributed by atoms with Crippen molar-refractivity contribution in [2.45, 2.75) is 12.6 Å². The second-order valence-electron chi connectivity index (χ2n) is 2.81. The van der Waals surface area contributed by atoms with Crippen molar-refractivity contribution >= 4 is 5.69 Å². The predicted octanol–water partition coefficient (Wildman–Crippen LogP) is 2.63. The highest BCUT2D eigenvalue weighted by atomic mass is 19.4. The van der Waals surface area contributed by atoms with E-state index in [1.165, 1.54) is 0 Å². The highest BCUT2D eigenvalue weighted by Gasteiger charge is 2.40.